The van der Waals surface area contributed by atoms with Gasteiger partial charge in [-0.05, 0) is 36.5 Å². The molecule has 1 N–H and O–H groups in total. The third kappa shape index (κ3) is 2.41. The van der Waals surface area contributed by atoms with Crippen molar-refractivity contribution in [3.63, 3.8) is 0 Å². The van der Waals surface area contributed by atoms with E-state index >= 15 is 0 Å². The third-order valence-electron chi connectivity index (χ3n) is 3.82. The average molecular weight is 293 g/mol. The Balaban J connectivity index is 1.81. The van der Waals surface area contributed by atoms with Crippen LogP contribution in [0.15, 0.2) is 24.4 Å². The van der Waals surface area contributed by atoms with E-state index in [4.69, 9.17) is 16.3 Å². The fraction of sp³-hybridized carbons (Fsp3) is 0.400. The van der Waals surface area contributed by atoms with Crippen molar-refractivity contribution in [2.45, 2.75) is 32.0 Å². The van der Waals surface area contributed by atoms with Crippen LogP contribution in [-0.2, 0) is 20.1 Å². The maximum absolute atomic E-state index is 10.0. The van der Waals surface area contributed by atoms with Gasteiger partial charge in [-0.3, -0.25) is 0 Å². The molecule has 0 fully saturated rings. The number of ether oxygens (including phenoxy) is 1. The highest BCUT2D eigenvalue weighted by Crippen LogP contribution is 2.35. The van der Waals surface area contributed by atoms with Crippen molar-refractivity contribution in [3.8, 4) is 5.75 Å². The summed E-state index contributed by atoms with van der Waals surface area (Å²) in [5.74, 6) is 1.62. The van der Waals surface area contributed by atoms with Gasteiger partial charge in [0.1, 0.15) is 23.3 Å². The van der Waals surface area contributed by atoms with E-state index in [2.05, 4.69) is 4.98 Å². The molecule has 0 radical (unpaired) electrons. The van der Waals surface area contributed by atoms with Crippen molar-refractivity contribution in [2.24, 2.45) is 7.05 Å². The predicted octanol–water partition coefficient (Wildman–Crippen LogP) is 3.02. The smallest absolute Gasteiger partial charge is 0.147 e. The minimum absolute atomic E-state index is 0.370. The lowest BCUT2D eigenvalue weighted by atomic mass is 9.89. The van der Waals surface area contributed by atoms with Gasteiger partial charge in [-0.25, -0.2) is 4.98 Å². The van der Waals surface area contributed by atoms with Crippen LogP contribution in [0, 0.1) is 0 Å². The summed E-state index contributed by atoms with van der Waals surface area (Å²) in [6.07, 6.45) is 4.01. The number of aliphatic hydroxyl groups excluding tert-OH is 1. The van der Waals surface area contributed by atoms with Gasteiger partial charge in [0.15, 0.2) is 0 Å². The Morgan fingerprint density at radius 2 is 2.35 bits per heavy atom. The molecule has 0 amide bonds. The van der Waals surface area contributed by atoms with Crippen molar-refractivity contribution in [2.75, 3.05) is 0 Å². The molecule has 0 saturated heterocycles. The summed E-state index contributed by atoms with van der Waals surface area (Å²) in [5, 5.41) is 10.6. The quantitative estimate of drug-likeness (QED) is 0.946. The highest BCUT2D eigenvalue weighted by molar-refractivity contribution is 6.29. The zero-order valence-corrected chi connectivity index (χ0v) is 12.1. The molecule has 0 spiro atoms. The van der Waals surface area contributed by atoms with E-state index < -0.39 is 0 Å². The number of hydrogen-bond donors (Lipinski definition) is 1. The van der Waals surface area contributed by atoms with E-state index in [1.165, 1.54) is 0 Å². The van der Waals surface area contributed by atoms with Crippen LogP contribution in [0.3, 0.4) is 0 Å². The highest BCUT2D eigenvalue weighted by Gasteiger charge is 2.21. The third-order valence-corrected chi connectivity index (χ3v) is 4.17. The maximum Gasteiger partial charge on any atom is 0.147 e. The first-order valence-electron chi connectivity index (χ1n) is 6.75. The number of rotatable bonds is 3. The van der Waals surface area contributed by atoms with E-state index in [0.717, 1.165) is 42.0 Å². The van der Waals surface area contributed by atoms with Crippen molar-refractivity contribution in [1.82, 2.24) is 9.55 Å². The van der Waals surface area contributed by atoms with Crippen molar-refractivity contribution < 1.29 is 9.84 Å². The molecular weight excluding hydrogens is 276 g/mol. The molecule has 2 aromatic rings. The molecule has 0 saturated carbocycles. The standard InChI is InChI=1S/C15H17ClN2O2/c1-18-14(16)8-17-15(18)9-20-13-7-3-4-10-11(13)5-2-6-12(10)19/h3-4,7-8,12,19H,2,5-6,9H2,1H3. The van der Waals surface area contributed by atoms with Gasteiger partial charge in [-0.15, -0.1) is 0 Å². The Morgan fingerprint density at radius 3 is 3.10 bits per heavy atom. The van der Waals surface area contributed by atoms with Crippen LogP contribution in [0.2, 0.25) is 5.15 Å². The van der Waals surface area contributed by atoms with Crippen LogP contribution in [0.1, 0.15) is 35.9 Å². The summed E-state index contributed by atoms with van der Waals surface area (Å²) in [5.41, 5.74) is 2.11. The Morgan fingerprint density at radius 1 is 1.50 bits per heavy atom. The van der Waals surface area contributed by atoms with Crippen molar-refractivity contribution in [3.05, 3.63) is 46.5 Å². The van der Waals surface area contributed by atoms with Gasteiger partial charge in [0.25, 0.3) is 0 Å². The SMILES string of the molecule is Cn1c(Cl)cnc1COc1cccc2c1CCCC2O. The number of benzene rings is 1. The number of imidazole rings is 1. The molecular formula is C15H17ClN2O2. The first kappa shape index (κ1) is 13.5. The molecule has 5 heteroatoms. The molecule has 20 heavy (non-hydrogen) atoms. The Bertz CT molecular complexity index is 624. The molecule has 1 atom stereocenters. The second-order valence-corrected chi connectivity index (χ2v) is 5.46. The summed E-state index contributed by atoms with van der Waals surface area (Å²) in [4.78, 5) is 4.21. The van der Waals surface area contributed by atoms with E-state index in [9.17, 15) is 5.11 Å². The molecule has 106 valence electrons. The summed E-state index contributed by atoms with van der Waals surface area (Å²) < 4.78 is 7.68. The van der Waals surface area contributed by atoms with E-state index in [0.29, 0.717) is 11.8 Å². The van der Waals surface area contributed by atoms with Crippen LogP contribution in [-0.4, -0.2) is 14.7 Å². The zero-order valence-electron chi connectivity index (χ0n) is 11.3. The molecule has 1 aliphatic carbocycles. The predicted molar refractivity (Wildman–Crippen MR) is 76.9 cm³/mol. The molecule has 4 nitrogen and oxygen atoms in total. The summed E-state index contributed by atoms with van der Waals surface area (Å²) in [6, 6.07) is 5.85. The first-order valence-corrected chi connectivity index (χ1v) is 7.13. The fourth-order valence-corrected chi connectivity index (χ4v) is 2.77. The van der Waals surface area contributed by atoms with Gasteiger partial charge >= 0.3 is 0 Å². The minimum Gasteiger partial charge on any atom is -0.485 e. The van der Waals surface area contributed by atoms with Crippen molar-refractivity contribution in [1.29, 1.82) is 0 Å². The molecule has 3 rings (SSSR count). The Kier molecular flexibility index (Phi) is 3.68. The number of nitrogens with zero attached hydrogens (tertiary/aromatic N) is 2. The molecule has 0 aliphatic heterocycles. The highest BCUT2D eigenvalue weighted by atomic mass is 35.5. The topological polar surface area (TPSA) is 47.3 Å². The molecule has 1 aromatic heterocycles. The summed E-state index contributed by atoms with van der Waals surface area (Å²) in [7, 11) is 1.86. The van der Waals surface area contributed by atoms with Crippen LogP contribution in [0.5, 0.6) is 5.75 Å². The van der Waals surface area contributed by atoms with E-state index in [1.807, 2.05) is 25.2 Å². The van der Waals surface area contributed by atoms with Crippen LogP contribution >= 0.6 is 11.6 Å². The monoisotopic (exact) mass is 292 g/mol. The fourth-order valence-electron chi connectivity index (χ4n) is 2.63. The van der Waals surface area contributed by atoms with Gasteiger partial charge in [0.2, 0.25) is 0 Å². The Hall–Kier alpha value is -1.52. The zero-order chi connectivity index (χ0) is 14.1. The van der Waals surface area contributed by atoms with Gasteiger partial charge < -0.3 is 14.4 Å². The maximum atomic E-state index is 10.0. The number of halogens is 1. The number of fused-ring (bicyclic) bond motifs is 1. The average Bonchev–Trinajstić information content (AvgIpc) is 2.77. The Labute approximate surface area is 123 Å². The minimum atomic E-state index is -0.370. The van der Waals surface area contributed by atoms with Gasteiger partial charge in [0.05, 0.1) is 12.3 Å². The molecule has 1 aromatic carbocycles. The molecule has 0 bridgehead atoms. The number of hydrogen-bond acceptors (Lipinski definition) is 3. The second kappa shape index (κ2) is 5.46. The largest absolute Gasteiger partial charge is 0.485 e. The number of aromatic nitrogens is 2. The summed E-state index contributed by atoms with van der Waals surface area (Å²) >= 11 is 5.96. The molecule has 1 heterocycles. The van der Waals surface area contributed by atoms with Gasteiger partial charge in [0, 0.05) is 7.05 Å². The lowest BCUT2D eigenvalue weighted by molar-refractivity contribution is 0.155. The lowest BCUT2D eigenvalue weighted by Gasteiger charge is -2.23. The lowest BCUT2D eigenvalue weighted by Crippen LogP contribution is -2.12. The number of aliphatic hydroxyl groups is 1. The van der Waals surface area contributed by atoms with Crippen LogP contribution in [0.4, 0.5) is 0 Å². The van der Waals surface area contributed by atoms with Gasteiger partial charge in [-0.2, -0.15) is 0 Å². The molecule has 1 aliphatic rings. The van der Waals surface area contributed by atoms with Gasteiger partial charge in [-0.1, -0.05) is 23.7 Å². The van der Waals surface area contributed by atoms with Crippen molar-refractivity contribution >= 4 is 11.6 Å². The van der Waals surface area contributed by atoms with Crippen LogP contribution in [0.25, 0.3) is 0 Å². The second-order valence-electron chi connectivity index (χ2n) is 5.08. The van der Waals surface area contributed by atoms with E-state index in [-0.39, 0.29) is 6.10 Å². The van der Waals surface area contributed by atoms with Crippen LogP contribution < -0.4 is 4.74 Å². The normalized spacial score (nSPS) is 17.9. The molecule has 1 unspecified atom stereocenters. The summed E-state index contributed by atoms with van der Waals surface area (Å²) in [6.45, 7) is 0.371. The first-order chi connectivity index (χ1) is 9.66. The van der Waals surface area contributed by atoms with E-state index in [1.54, 1.807) is 10.8 Å².